The van der Waals surface area contributed by atoms with Crippen molar-refractivity contribution in [2.24, 2.45) is 5.10 Å². The highest BCUT2D eigenvalue weighted by atomic mass is 16.5. The van der Waals surface area contributed by atoms with E-state index in [2.05, 4.69) is 10.5 Å². The van der Waals surface area contributed by atoms with Gasteiger partial charge in [-0.2, -0.15) is 5.10 Å². The lowest BCUT2D eigenvalue weighted by molar-refractivity contribution is -0.123. The molecule has 0 aliphatic carbocycles. The van der Waals surface area contributed by atoms with Crippen molar-refractivity contribution in [3.63, 3.8) is 0 Å². The number of hydrazone groups is 1. The lowest BCUT2D eigenvalue weighted by atomic mass is 10.2. The van der Waals surface area contributed by atoms with Gasteiger partial charge in [0.15, 0.2) is 6.61 Å². The van der Waals surface area contributed by atoms with E-state index in [1.165, 1.54) is 0 Å². The van der Waals surface area contributed by atoms with E-state index in [4.69, 9.17) is 9.47 Å². The first kappa shape index (κ1) is 18.2. The maximum Gasteiger partial charge on any atom is 0.277 e. The summed E-state index contributed by atoms with van der Waals surface area (Å²) in [6, 6.07) is 24.5. The van der Waals surface area contributed by atoms with Gasteiger partial charge < -0.3 is 9.47 Å². The van der Waals surface area contributed by atoms with Crippen LogP contribution in [-0.4, -0.2) is 18.7 Å². The van der Waals surface area contributed by atoms with Gasteiger partial charge in [-0.15, -0.1) is 0 Å². The van der Waals surface area contributed by atoms with E-state index in [1.807, 2.05) is 85.8 Å². The molecule has 3 rings (SSSR count). The third-order valence-corrected chi connectivity index (χ3v) is 3.71. The number of aryl methyl sites for hydroxylation is 1. The molecule has 5 nitrogen and oxygen atoms in total. The average molecular weight is 360 g/mol. The molecule has 0 bridgehead atoms. The largest absolute Gasteiger partial charge is 0.483 e. The van der Waals surface area contributed by atoms with Crippen molar-refractivity contribution in [2.75, 3.05) is 6.61 Å². The lowest BCUT2D eigenvalue weighted by Gasteiger charge is -2.07. The Hall–Kier alpha value is -3.60. The normalized spacial score (nSPS) is 10.6. The fourth-order valence-corrected chi connectivity index (χ4v) is 2.32. The van der Waals surface area contributed by atoms with E-state index < -0.39 is 0 Å². The van der Waals surface area contributed by atoms with E-state index in [1.54, 1.807) is 6.21 Å². The summed E-state index contributed by atoms with van der Waals surface area (Å²) < 4.78 is 11.2. The van der Waals surface area contributed by atoms with Crippen LogP contribution in [0.25, 0.3) is 0 Å². The monoisotopic (exact) mass is 360 g/mol. The summed E-state index contributed by atoms with van der Waals surface area (Å²) in [5.74, 6) is 1.87. The second kappa shape index (κ2) is 9.20. The molecule has 0 radical (unpaired) electrons. The molecule has 0 aromatic heterocycles. The molecule has 5 heteroatoms. The molecule has 0 heterocycles. The van der Waals surface area contributed by atoms with E-state index in [9.17, 15) is 4.79 Å². The Balaban J connectivity index is 1.46. The molecule has 0 saturated heterocycles. The van der Waals surface area contributed by atoms with Gasteiger partial charge in [-0.05, 0) is 60.5 Å². The van der Waals surface area contributed by atoms with Crippen molar-refractivity contribution < 1.29 is 14.3 Å². The number of amides is 1. The molecular weight excluding hydrogens is 340 g/mol. The van der Waals surface area contributed by atoms with Crippen LogP contribution in [0, 0.1) is 6.92 Å². The van der Waals surface area contributed by atoms with Crippen molar-refractivity contribution in [2.45, 2.75) is 6.92 Å². The highest BCUT2D eigenvalue weighted by Crippen LogP contribution is 2.20. The number of nitrogens with zero attached hydrogens (tertiary/aromatic N) is 1. The van der Waals surface area contributed by atoms with Crippen molar-refractivity contribution in [1.29, 1.82) is 0 Å². The zero-order chi connectivity index (χ0) is 18.9. The molecule has 136 valence electrons. The van der Waals surface area contributed by atoms with Crippen LogP contribution in [0.15, 0.2) is 84.0 Å². The third-order valence-electron chi connectivity index (χ3n) is 3.71. The number of carbonyl (C=O) groups excluding carboxylic acids is 1. The summed E-state index contributed by atoms with van der Waals surface area (Å²) in [6.07, 6.45) is 1.57. The van der Waals surface area contributed by atoms with Gasteiger partial charge in [-0.25, -0.2) is 5.43 Å². The molecule has 0 aliphatic rings. The zero-order valence-corrected chi connectivity index (χ0v) is 15.0. The molecular formula is C22H20N2O3. The molecule has 0 atom stereocenters. The van der Waals surface area contributed by atoms with Crippen LogP contribution in [0.1, 0.15) is 11.1 Å². The second-order valence-corrected chi connectivity index (χ2v) is 5.83. The van der Waals surface area contributed by atoms with Crippen LogP contribution in [0.2, 0.25) is 0 Å². The molecule has 0 unspecified atom stereocenters. The third kappa shape index (κ3) is 5.71. The number of para-hydroxylation sites is 2. The number of rotatable bonds is 7. The topological polar surface area (TPSA) is 59.9 Å². The molecule has 0 fully saturated rings. The van der Waals surface area contributed by atoms with Crippen molar-refractivity contribution >= 4 is 12.1 Å². The quantitative estimate of drug-likeness (QED) is 0.504. The van der Waals surface area contributed by atoms with Gasteiger partial charge in [-0.3, -0.25) is 4.79 Å². The van der Waals surface area contributed by atoms with Gasteiger partial charge in [0.2, 0.25) is 0 Å². The molecule has 27 heavy (non-hydrogen) atoms. The van der Waals surface area contributed by atoms with E-state index in [0.717, 1.165) is 22.6 Å². The Labute approximate surface area is 158 Å². The minimum Gasteiger partial charge on any atom is -0.483 e. The number of nitrogens with one attached hydrogen (secondary N) is 1. The highest BCUT2D eigenvalue weighted by Gasteiger charge is 2.03. The fraction of sp³-hybridized carbons (Fsp3) is 0.0909. The maximum atomic E-state index is 11.8. The smallest absolute Gasteiger partial charge is 0.277 e. The van der Waals surface area contributed by atoms with Crippen LogP contribution in [0.4, 0.5) is 0 Å². The minimum atomic E-state index is -0.321. The Morgan fingerprint density at radius 3 is 2.33 bits per heavy atom. The summed E-state index contributed by atoms with van der Waals surface area (Å²) in [5.41, 5.74) is 4.27. The SMILES string of the molecule is Cc1ccccc1OCC(=O)N/N=C\c1ccc(Oc2ccccc2)cc1. The van der Waals surface area contributed by atoms with Gasteiger partial charge in [0.25, 0.3) is 5.91 Å². The Bertz CT molecular complexity index is 906. The van der Waals surface area contributed by atoms with Crippen molar-refractivity contribution in [3.8, 4) is 17.2 Å². The number of hydrogen-bond acceptors (Lipinski definition) is 4. The summed E-state index contributed by atoms with van der Waals surface area (Å²) in [5, 5.41) is 3.94. The Kier molecular flexibility index (Phi) is 6.20. The average Bonchev–Trinajstić information content (AvgIpc) is 2.69. The number of ether oxygens (including phenoxy) is 2. The molecule has 0 aliphatic heterocycles. The van der Waals surface area contributed by atoms with E-state index in [0.29, 0.717) is 5.75 Å². The lowest BCUT2D eigenvalue weighted by Crippen LogP contribution is -2.24. The predicted octanol–water partition coefficient (Wildman–Crippen LogP) is 4.32. The van der Waals surface area contributed by atoms with Gasteiger partial charge in [0.1, 0.15) is 17.2 Å². The first-order valence-corrected chi connectivity index (χ1v) is 8.54. The van der Waals surface area contributed by atoms with Crippen molar-refractivity contribution in [1.82, 2.24) is 5.43 Å². The molecule has 1 N–H and O–H groups in total. The van der Waals surface area contributed by atoms with Crippen LogP contribution in [0.5, 0.6) is 17.2 Å². The van der Waals surface area contributed by atoms with Crippen LogP contribution in [-0.2, 0) is 4.79 Å². The second-order valence-electron chi connectivity index (χ2n) is 5.83. The molecule has 3 aromatic carbocycles. The predicted molar refractivity (Wildman–Crippen MR) is 105 cm³/mol. The van der Waals surface area contributed by atoms with Gasteiger partial charge in [0.05, 0.1) is 6.21 Å². The standard InChI is InChI=1S/C22H20N2O3/c1-17-7-5-6-10-21(17)26-16-22(25)24-23-15-18-11-13-20(14-12-18)27-19-8-3-2-4-9-19/h2-15H,16H2,1H3,(H,24,25)/b23-15-. The summed E-state index contributed by atoms with van der Waals surface area (Å²) in [4.78, 5) is 11.8. The molecule has 3 aromatic rings. The van der Waals surface area contributed by atoms with Crippen LogP contribution in [0.3, 0.4) is 0 Å². The summed E-state index contributed by atoms with van der Waals surface area (Å²) >= 11 is 0. The van der Waals surface area contributed by atoms with Gasteiger partial charge >= 0.3 is 0 Å². The zero-order valence-electron chi connectivity index (χ0n) is 15.0. The van der Waals surface area contributed by atoms with Gasteiger partial charge in [-0.1, -0.05) is 36.4 Å². The maximum absolute atomic E-state index is 11.8. The van der Waals surface area contributed by atoms with Gasteiger partial charge in [0, 0.05) is 0 Å². The first-order chi connectivity index (χ1) is 13.2. The van der Waals surface area contributed by atoms with E-state index >= 15 is 0 Å². The first-order valence-electron chi connectivity index (χ1n) is 8.54. The number of hydrogen-bond donors (Lipinski definition) is 1. The molecule has 0 spiro atoms. The summed E-state index contributed by atoms with van der Waals surface area (Å²) in [6.45, 7) is 1.84. The minimum absolute atomic E-state index is 0.0912. The molecule has 1 amide bonds. The van der Waals surface area contributed by atoms with E-state index in [-0.39, 0.29) is 12.5 Å². The van der Waals surface area contributed by atoms with Crippen LogP contribution < -0.4 is 14.9 Å². The number of carbonyl (C=O) groups is 1. The Morgan fingerprint density at radius 2 is 1.59 bits per heavy atom. The van der Waals surface area contributed by atoms with Crippen molar-refractivity contribution in [3.05, 3.63) is 90.0 Å². The fourth-order valence-electron chi connectivity index (χ4n) is 2.32. The van der Waals surface area contributed by atoms with Crippen LogP contribution >= 0.6 is 0 Å². The Morgan fingerprint density at radius 1 is 0.926 bits per heavy atom. The molecule has 0 saturated carbocycles. The highest BCUT2D eigenvalue weighted by molar-refractivity contribution is 5.83. The number of benzene rings is 3. The summed E-state index contributed by atoms with van der Waals surface area (Å²) in [7, 11) is 0.